The van der Waals surface area contributed by atoms with E-state index in [1.165, 1.54) is 0 Å². The van der Waals surface area contributed by atoms with Crippen LogP contribution in [0.4, 0.5) is 5.82 Å². The Morgan fingerprint density at radius 1 is 1.47 bits per heavy atom. The fourth-order valence-corrected chi connectivity index (χ4v) is 2.07. The van der Waals surface area contributed by atoms with E-state index in [2.05, 4.69) is 22.2 Å². The SMILES string of the molecule is CCCNc1cc(C)nc(COCC2CCOC2)n1. The predicted octanol–water partition coefficient (Wildman–Crippen LogP) is 2.16. The van der Waals surface area contributed by atoms with Crippen LogP contribution in [0.15, 0.2) is 6.07 Å². The molecule has 0 amide bonds. The average molecular weight is 265 g/mol. The van der Waals surface area contributed by atoms with Crippen LogP contribution in [0, 0.1) is 12.8 Å². The van der Waals surface area contributed by atoms with E-state index in [4.69, 9.17) is 9.47 Å². The maximum atomic E-state index is 5.69. The van der Waals surface area contributed by atoms with Gasteiger partial charge in [-0.1, -0.05) is 6.92 Å². The standard InChI is InChI=1S/C14H23N3O2/c1-3-5-15-13-7-11(2)16-14(17-13)10-19-9-12-4-6-18-8-12/h7,12H,3-6,8-10H2,1-2H3,(H,15,16,17). The van der Waals surface area contributed by atoms with Gasteiger partial charge in [0.25, 0.3) is 0 Å². The fourth-order valence-electron chi connectivity index (χ4n) is 2.07. The topological polar surface area (TPSA) is 56.3 Å². The minimum absolute atomic E-state index is 0.471. The molecule has 0 aliphatic carbocycles. The van der Waals surface area contributed by atoms with Crippen molar-refractivity contribution in [2.24, 2.45) is 5.92 Å². The lowest BCUT2D eigenvalue weighted by atomic mass is 10.1. The van der Waals surface area contributed by atoms with E-state index < -0.39 is 0 Å². The first kappa shape index (κ1) is 14.2. The van der Waals surface area contributed by atoms with Crippen molar-refractivity contribution < 1.29 is 9.47 Å². The number of hydrogen-bond donors (Lipinski definition) is 1. The molecule has 0 radical (unpaired) electrons. The van der Waals surface area contributed by atoms with Crippen LogP contribution in [-0.2, 0) is 16.1 Å². The van der Waals surface area contributed by atoms with E-state index in [0.29, 0.717) is 12.5 Å². The summed E-state index contributed by atoms with van der Waals surface area (Å²) in [5, 5.41) is 3.28. The van der Waals surface area contributed by atoms with Gasteiger partial charge in [0.1, 0.15) is 12.4 Å². The van der Waals surface area contributed by atoms with Gasteiger partial charge < -0.3 is 14.8 Å². The zero-order chi connectivity index (χ0) is 13.5. The maximum absolute atomic E-state index is 5.69. The van der Waals surface area contributed by atoms with Crippen LogP contribution in [0.25, 0.3) is 0 Å². The Balaban J connectivity index is 1.82. The molecule has 0 saturated carbocycles. The zero-order valence-electron chi connectivity index (χ0n) is 11.8. The summed E-state index contributed by atoms with van der Waals surface area (Å²) in [6.07, 6.45) is 2.18. The van der Waals surface area contributed by atoms with E-state index in [9.17, 15) is 0 Å². The minimum Gasteiger partial charge on any atom is -0.381 e. The Morgan fingerprint density at radius 3 is 3.11 bits per heavy atom. The third-order valence-corrected chi connectivity index (χ3v) is 3.07. The molecule has 1 saturated heterocycles. The highest BCUT2D eigenvalue weighted by Crippen LogP contribution is 2.13. The Hall–Kier alpha value is -1.20. The van der Waals surface area contributed by atoms with Crippen molar-refractivity contribution >= 4 is 5.82 Å². The second-order valence-electron chi connectivity index (χ2n) is 4.98. The number of aryl methyl sites for hydroxylation is 1. The lowest BCUT2D eigenvalue weighted by Crippen LogP contribution is -2.11. The molecule has 2 rings (SSSR count). The number of hydrogen-bond acceptors (Lipinski definition) is 5. The maximum Gasteiger partial charge on any atom is 0.156 e. The van der Waals surface area contributed by atoms with E-state index in [1.807, 2.05) is 13.0 Å². The highest BCUT2D eigenvalue weighted by Gasteiger charge is 2.15. The third-order valence-electron chi connectivity index (χ3n) is 3.07. The summed E-state index contributed by atoms with van der Waals surface area (Å²) in [7, 11) is 0. The molecule has 5 nitrogen and oxygen atoms in total. The van der Waals surface area contributed by atoms with Gasteiger partial charge in [-0.25, -0.2) is 9.97 Å². The Morgan fingerprint density at radius 2 is 2.37 bits per heavy atom. The second kappa shape index (κ2) is 7.40. The van der Waals surface area contributed by atoms with Gasteiger partial charge in [0.2, 0.25) is 0 Å². The minimum atomic E-state index is 0.471. The van der Waals surface area contributed by atoms with Crippen LogP contribution >= 0.6 is 0 Å². The molecular formula is C14H23N3O2. The highest BCUT2D eigenvalue weighted by atomic mass is 16.5. The fraction of sp³-hybridized carbons (Fsp3) is 0.714. The molecule has 5 heteroatoms. The molecule has 106 valence electrons. The molecule has 19 heavy (non-hydrogen) atoms. The summed E-state index contributed by atoms with van der Waals surface area (Å²) in [5.41, 5.74) is 0.969. The molecule has 0 aromatic carbocycles. The molecule has 1 aromatic rings. The van der Waals surface area contributed by atoms with Crippen molar-refractivity contribution in [2.75, 3.05) is 31.7 Å². The summed E-state index contributed by atoms with van der Waals surface area (Å²) in [6, 6.07) is 1.96. The quantitative estimate of drug-likeness (QED) is 0.818. The third kappa shape index (κ3) is 4.76. The number of anilines is 1. The number of nitrogens with zero attached hydrogens (tertiary/aromatic N) is 2. The molecule has 1 atom stereocenters. The van der Waals surface area contributed by atoms with Gasteiger partial charge in [0.05, 0.1) is 13.2 Å². The number of ether oxygens (including phenoxy) is 2. The second-order valence-corrected chi connectivity index (χ2v) is 4.98. The van der Waals surface area contributed by atoms with Crippen molar-refractivity contribution in [3.63, 3.8) is 0 Å². The van der Waals surface area contributed by atoms with Crippen molar-refractivity contribution in [2.45, 2.75) is 33.3 Å². The van der Waals surface area contributed by atoms with E-state index >= 15 is 0 Å². The molecule has 1 aliphatic rings. The van der Waals surface area contributed by atoms with Crippen molar-refractivity contribution in [3.05, 3.63) is 17.6 Å². The number of aromatic nitrogens is 2. The molecule has 0 bridgehead atoms. The first-order valence-electron chi connectivity index (χ1n) is 7.02. The largest absolute Gasteiger partial charge is 0.381 e. The lowest BCUT2D eigenvalue weighted by molar-refractivity contribution is 0.0752. The molecule has 0 spiro atoms. The summed E-state index contributed by atoms with van der Waals surface area (Å²) in [6.45, 7) is 7.92. The summed E-state index contributed by atoms with van der Waals surface area (Å²) in [4.78, 5) is 8.86. The summed E-state index contributed by atoms with van der Waals surface area (Å²) >= 11 is 0. The van der Waals surface area contributed by atoms with Gasteiger partial charge in [-0.2, -0.15) is 0 Å². The molecule has 1 aromatic heterocycles. The van der Waals surface area contributed by atoms with Crippen LogP contribution in [0.1, 0.15) is 31.3 Å². The lowest BCUT2D eigenvalue weighted by Gasteiger charge is -2.10. The van der Waals surface area contributed by atoms with Gasteiger partial charge >= 0.3 is 0 Å². The van der Waals surface area contributed by atoms with E-state index in [1.54, 1.807) is 0 Å². The number of nitrogens with one attached hydrogen (secondary N) is 1. The summed E-state index contributed by atoms with van der Waals surface area (Å²) < 4.78 is 11.0. The van der Waals surface area contributed by atoms with Crippen LogP contribution in [0.2, 0.25) is 0 Å². The first-order chi connectivity index (χ1) is 9.28. The van der Waals surface area contributed by atoms with Crippen LogP contribution in [0.3, 0.4) is 0 Å². The Kier molecular flexibility index (Phi) is 5.54. The molecule has 2 heterocycles. The van der Waals surface area contributed by atoms with E-state index in [0.717, 1.165) is 56.5 Å². The van der Waals surface area contributed by atoms with Crippen molar-refractivity contribution in [3.8, 4) is 0 Å². The number of rotatable bonds is 7. The predicted molar refractivity (Wildman–Crippen MR) is 74.1 cm³/mol. The van der Waals surface area contributed by atoms with Gasteiger partial charge in [0.15, 0.2) is 5.82 Å². The van der Waals surface area contributed by atoms with Crippen molar-refractivity contribution in [1.29, 1.82) is 0 Å². The van der Waals surface area contributed by atoms with Gasteiger partial charge in [0, 0.05) is 30.8 Å². The van der Waals surface area contributed by atoms with Crippen LogP contribution < -0.4 is 5.32 Å². The van der Waals surface area contributed by atoms with Crippen molar-refractivity contribution in [1.82, 2.24) is 9.97 Å². The molecular weight excluding hydrogens is 242 g/mol. The zero-order valence-corrected chi connectivity index (χ0v) is 11.8. The van der Waals surface area contributed by atoms with Gasteiger partial charge in [-0.3, -0.25) is 0 Å². The molecule has 1 aliphatic heterocycles. The molecule has 1 fully saturated rings. The molecule has 1 N–H and O–H groups in total. The Bertz CT molecular complexity index is 392. The average Bonchev–Trinajstić information content (AvgIpc) is 2.89. The van der Waals surface area contributed by atoms with Gasteiger partial charge in [-0.05, 0) is 19.8 Å². The Labute approximate surface area is 114 Å². The van der Waals surface area contributed by atoms with Crippen LogP contribution in [-0.4, -0.2) is 36.3 Å². The molecule has 1 unspecified atom stereocenters. The van der Waals surface area contributed by atoms with E-state index in [-0.39, 0.29) is 0 Å². The highest BCUT2D eigenvalue weighted by molar-refractivity contribution is 5.35. The van der Waals surface area contributed by atoms with Crippen LogP contribution in [0.5, 0.6) is 0 Å². The first-order valence-corrected chi connectivity index (χ1v) is 7.02. The van der Waals surface area contributed by atoms with Gasteiger partial charge in [-0.15, -0.1) is 0 Å². The monoisotopic (exact) mass is 265 g/mol. The smallest absolute Gasteiger partial charge is 0.156 e. The summed E-state index contributed by atoms with van der Waals surface area (Å²) in [5.74, 6) is 2.16. The normalized spacial score (nSPS) is 18.7.